The molecule has 142 valence electrons. The Bertz CT molecular complexity index is 1040. The van der Waals surface area contributed by atoms with Gasteiger partial charge in [-0.15, -0.1) is 11.3 Å². The maximum Gasteiger partial charge on any atom is 0.346 e. The van der Waals surface area contributed by atoms with E-state index in [9.17, 15) is 14.7 Å². The van der Waals surface area contributed by atoms with Gasteiger partial charge in [-0.2, -0.15) is 0 Å². The fourth-order valence-electron chi connectivity index (χ4n) is 3.70. The van der Waals surface area contributed by atoms with Gasteiger partial charge in [0.15, 0.2) is 0 Å². The molecule has 28 heavy (non-hydrogen) atoms. The molecule has 0 radical (unpaired) electrons. The Hall–Kier alpha value is -2.92. The molecule has 5 heteroatoms. The van der Waals surface area contributed by atoms with Crippen molar-refractivity contribution in [3.63, 3.8) is 0 Å². The Morgan fingerprint density at radius 3 is 2.39 bits per heavy atom. The summed E-state index contributed by atoms with van der Waals surface area (Å²) in [5.41, 5.74) is 4.33. The van der Waals surface area contributed by atoms with Gasteiger partial charge < -0.3 is 10.4 Å². The molecule has 0 aliphatic carbocycles. The molecule has 0 saturated carbocycles. The van der Waals surface area contributed by atoms with Crippen molar-refractivity contribution in [2.45, 2.75) is 32.1 Å². The van der Waals surface area contributed by atoms with Gasteiger partial charge in [-0.1, -0.05) is 68.4 Å². The van der Waals surface area contributed by atoms with E-state index in [-0.39, 0.29) is 16.7 Å². The number of nitrogens with one attached hydrogen (secondary N) is 1. The lowest BCUT2D eigenvalue weighted by Crippen LogP contribution is -2.22. The number of benzene rings is 2. The maximum atomic E-state index is 12.5. The van der Waals surface area contributed by atoms with Gasteiger partial charge >= 0.3 is 5.97 Å². The topological polar surface area (TPSA) is 66.4 Å². The van der Waals surface area contributed by atoms with E-state index in [2.05, 4.69) is 43.4 Å². The lowest BCUT2D eigenvalue weighted by molar-refractivity contribution is -0.116. The smallest absolute Gasteiger partial charge is 0.346 e. The summed E-state index contributed by atoms with van der Waals surface area (Å²) in [7, 11) is 0. The second kappa shape index (κ2) is 7.24. The highest BCUT2D eigenvalue weighted by Gasteiger charge is 2.34. The van der Waals surface area contributed by atoms with Crippen LogP contribution in [0.4, 0.5) is 5.69 Å². The SMILES string of the molecule is CC(C)c1ccc(C2CC(=O)Nc3c2sc(C(=O)O)c3-c2ccccc2)cc1. The van der Waals surface area contributed by atoms with Crippen LogP contribution in [0, 0.1) is 0 Å². The van der Waals surface area contributed by atoms with E-state index in [1.54, 1.807) is 0 Å². The van der Waals surface area contributed by atoms with Gasteiger partial charge in [0, 0.05) is 22.8 Å². The molecular weight excluding hydrogens is 370 g/mol. The number of amides is 1. The van der Waals surface area contributed by atoms with Crippen LogP contribution in [0.25, 0.3) is 11.1 Å². The normalized spacial score (nSPS) is 16.0. The van der Waals surface area contributed by atoms with Crippen LogP contribution in [-0.4, -0.2) is 17.0 Å². The van der Waals surface area contributed by atoms with E-state index in [0.717, 1.165) is 16.0 Å². The van der Waals surface area contributed by atoms with Crippen LogP contribution < -0.4 is 5.32 Å². The predicted molar refractivity (Wildman–Crippen MR) is 112 cm³/mol. The van der Waals surface area contributed by atoms with Crippen molar-refractivity contribution < 1.29 is 14.7 Å². The number of hydrogen-bond acceptors (Lipinski definition) is 3. The van der Waals surface area contributed by atoms with Gasteiger partial charge in [0.2, 0.25) is 5.91 Å². The number of carbonyl (C=O) groups is 2. The Labute approximate surface area is 167 Å². The molecule has 1 atom stereocenters. The highest BCUT2D eigenvalue weighted by atomic mass is 32.1. The summed E-state index contributed by atoms with van der Waals surface area (Å²) in [5.74, 6) is -0.756. The number of rotatable bonds is 4. The molecule has 4 rings (SSSR count). The van der Waals surface area contributed by atoms with E-state index < -0.39 is 5.97 Å². The summed E-state index contributed by atoms with van der Waals surface area (Å²) >= 11 is 1.27. The van der Waals surface area contributed by atoms with Gasteiger partial charge in [-0.3, -0.25) is 4.79 Å². The van der Waals surface area contributed by atoms with Crippen molar-refractivity contribution in [3.8, 4) is 11.1 Å². The van der Waals surface area contributed by atoms with E-state index >= 15 is 0 Å². The summed E-state index contributed by atoms with van der Waals surface area (Å²) in [5, 5.41) is 12.7. The molecule has 1 aliphatic rings. The van der Waals surface area contributed by atoms with E-state index in [0.29, 0.717) is 23.6 Å². The quantitative estimate of drug-likeness (QED) is 0.598. The number of aromatic carboxylic acids is 1. The van der Waals surface area contributed by atoms with Gasteiger partial charge in [-0.05, 0) is 22.6 Å². The van der Waals surface area contributed by atoms with Crippen LogP contribution in [0.5, 0.6) is 0 Å². The minimum Gasteiger partial charge on any atom is -0.477 e. The highest BCUT2D eigenvalue weighted by molar-refractivity contribution is 7.15. The third-order valence-corrected chi connectivity index (χ3v) is 6.46. The molecule has 1 aromatic heterocycles. The van der Waals surface area contributed by atoms with Gasteiger partial charge in [0.25, 0.3) is 0 Å². The second-order valence-electron chi connectivity index (χ2n) is 7.34. The first-order valence-electron chi connectivity index (χ1n) is 9.30. The van der Waals surface area contributed by atoms with Gasteiger partial charge in [-0.25, -0.2) is 4.79 Å². The molecule has 2 N–H and O–H groups in total. The largest absolute Gasteiger partial charge is 0.477 e. The first kappa shape index (κ1) is 18.4. The molecule has 3 aromatic rings. The summed E-state index contributed by atoms with van der Waals surface area (Å²) in [4.78, 5) is 25.6. The maximum absolute atomic E-state index is 12.5. The Morgan fingerprint density at radius 2 is 1.79 bits per heavy atom. The first-order valence-corrected chi connectivity index (χ1v) is 10.1. The second-order valence-corrected chi connectivity index (χ2v) is 8.40. The number of carboxylic acids is 1. The van der Waals surface area contributed by atoms with Crippen molar-refractivity contribution >= 4 is 28.9 Å². The van der Waals surface area contributed by atoms with Crippen LogP contribution in [0.2, 0.25) is 0 Å². The minimum atomic E-state index is -0.971. The lowest BCUT2D eigenvalue weighted by atomic mass is 9.87. The number of carboxylic acid groups (broad SMARTS) is 1. The van der Waals surface area contributed by atoms with Crippen LogP contribution in [-0.2, 0) is 4.79 Å². The Morgan fingerprint density at radius 1 is 1.11 bits per heavy atom. The zero-order valence-electron chi connectivity index (χ0n) is 15.7. The van der Waals surface area contributed by atoms with E-state index in [1.807, 2.05) is 30.3 Å². The van der Waals surface area contributed by atoms with Crippen molar-refractivity contribution in [3.05, 3.63) is 75.5 Å². The number of fused-ring (bicyclic) bond motifs is 1. The molecule has 2 heterocycles. The average molecular weight is 391 g/mol. The molecule has 0 spiro atoms. The number of carbonyl (C=O) groups excluding carboxylic acids is 1. The van der Waals surface area contributed by atoms with Gasteiger partial charge in [0.1, 0.15) is 4.88 Å². The van der Waals surface area contributed by atoms with Crippen LogP contribution in [0.3, 0.4) is 0 Å². The van der Waals surface area contributed by atoms with Crippen LogP contribution in [0.1, 0.15) is 57.8 Å². The highest BCUT2D eigenvalue weighted by Crippen LogP contribution is 2.49. The summed E-state index contributed by atoms with van der Waals surface area (Å²) in [6.07, 6.45) is 0.321. The molecule has 0 saturated heterocycles. The predicted octanol–water partition coefficient (Wildman–Crippen LogP) is 5.71. The molecule has 1 unspecified atom stereocenters. The Balaban J connectivity index is 1.87. The van der Waals surface area contributed by atoms with E-state index in [4.69, 9.17) is 0 Å². The fraction of sp³-hybridized carbons (Fsp3) is 0.217. The summed E-state index contributed by atoms with van der Waals surface area (Å²) < 4.78 is 0. The third-order valence-electron chi connectivity index (χ3n) is 5.17. The Kier molecular flexibility index (Phi) is 4.77. The zero-order valence-corrected chi connectivity index (χ0v) is 16.5. The van der Waals surface area contributed by atoms with Crippen molar-refractivity contribution in [1.82, 2.24) is 0 Å². The van der Waals surface area contributed by atoms with Crippen LogP contribution >= 0.6 is 11.3 Å². The average Bonchev–Trinajstić information content (AvgIpc) is 3.07. The molecular formula is C23H21NO3S. The number of anilines is 1. The van der Waals surface area contributed by atoms with Crippen molar-refractivity contribution in [1.29, 1.82) is 0 Å². The van der Waals surface area contributed by atoms with Crippen molar-refractivity contribution in [2.75, 3.05) is 5.32 Å². The molecule has 0 bridgehead atoms. The number of hydrogen-bond donors (Lipinski definition) is 2. The third kappa shape index (κ3) is 3.22. The van der Waals surface area contributed by atoms with Gasteiger partial charge in [0.05, 0.1) is 5.69 Å². The molecule has 1 aliphatic heterocycles. The first-order chi connectivity index (χ1) is 13.5. The summed E-state index contributed by atoms with van der Waals surface area (Å²) in [6.45, 7) is 4.29. The van der Waals surface area contributed by atoms with Crippen molar-refractivity contribution in [2.24, 2.45) is 0 Å². The minimum absolute atomic E-state index is 0.0858. The molecule has 2 aromatic carbocycles. The summed E-state index contributed by atoms with van der Waals surface area (Å²) in [6, 6.07) is 17.7. The monoisotopic (exact) mass is 391 g/mol. The zero-order chi connectivity index (χ0) is 19.8. The standard InChI is InChI=1S/C23H21NO3S/c1-13(2)14-8-10-15(11-9-14)17-12-18(25)24-20-19(16-6-4-3-5-7-16)22(23(26)27)28-21(17)20/h3-11,13,17H,12H2,1-2H3,(H,24,25)(H,26,27). The molecule has 1 amide bonds. The lowest BCUT2D eigenvalue weighted by Gasteiger charge is -2.24. The molecule has 0 fully saturated rings. The van der Waals surface area contributed by atoms with Crippen LogP contribution in [0.15, 0.2) is 54.6 Å². The van der Waals surface area contributed by atoms with E-state index in [1.165, 1.54) is 16.9 Å². The molecule has 4 nitrogen and oxygen atoms in total. The number of thiophene rings is 1. The fourth-order valence-corrected chi connectivity index (χ4v) is 4.95.